The Balaban J connectivity index is 2.29. The summed E-state index contributed by atoms with van der Waals surface area (Å²) in [4.78, 5) is 38.8. The van der Waals surface area contributed by atoms with Gasteiger partial charge in [0.15, 0.2) is 0 Å². The molecule has 0 spiro atoms. The maximum absolute atomic E-state index is 12.5. The van der Waals surface area contributed by atoms with Gasteiger partial charge < -0.3 is 4.90 Å². The molecule has 1 aromatic carbocycles. The molecule has 1 saturated heterocycles. The van der Waals surface area contributed by atoms with Crippen molar-refractivity contribution in [1.29, 1.82) is 0 Å². The Morgan fingerprint density at radius 1 is 1.38 bits per heavy atom. The number of amides is 3. The Morgan fingerprint density at radius 3 is 2.52 bits per heavy atom. The summed E-state index contributed by atoms with van der Waals surface area (Å²) < 4.78 is 0. The minimum atomic E-state index is -0.741. The van der Waals surface area contributed by atoms with Crippen molar-refractivity contribution < 1.29 is 14.4 Å². The number of carbonyl (C=O) groups is 3. The minimum Gasteiger partial charge on any atom is -0.327 e. The number of hydrogen-bond donors (Lipinski definition) is 0. The molecular weight excluding hydrogens is 268 g/mol. The van der Waals surface area contributed by atoms with Gasteiger partial charge >= 0.3 is 0 Å². The van der Waals surface area contributed by atoms with Crippen molar-refractivity contribution in [3.8, 4) is 0 Å². The molecule has 0 aromatic heterocycles. The maximum Gasteiger partial charge on any atom is 0.257 e. The number of imide groups is 1. The molecule has 0 bridgehead atoms. The molecule has 0 radical (unpaired) electrons. The van der Waals surface area contributed by atoms with Crippen LogP contribution in [0.2, 0.25) is 0 Å². The van der Waals surface area contributed by atoms with E-state index >= 15 is 0 Å². The monoisotopic (exact) mass is 286 g/mol. The van der Waals surface area contributed by atoms with E-state index in [0.29, 0.717) is 5.69 Å². The van der Waals surface area contributed by atoms with Crippen LogP contribution in [0.3, 0.4) is 0 Å². The van der Waals surface area contributed by atoms with Crippen LogP contribution in [-0.4, -0.2) is 35.2 Å². The number of carbonyl (C=O) groups excluding carboxylic acids is 3. The highest BCUT2D eigenvalue weighted by Gasteiger charge is 2.43. The Labute approximate surface area is 123 Å². The smallest absolute Gasteiger partial charge is 0.257 e. The fraction of sp³-hybridized carbons (Fsp3) is 0.312. The lowest BCUT2D eigenvalue weighted by atomic mass is 10.2. The average Bonchev–Trinajstić information content (AvgIpc) is 2.72. The van der Waals surface area contributed by atoms with Gasteiger partial charge in [0.05, 0.1) is 12.1 Å². The second kappa shape index (κ2) is 5.91. The van der Waals surface area contributed by atoms with E-state index in [1.54, 1.807) is 18.2 Å². The van der Waals surface area contributed by atoms with Crippen LogP contribution in [0.1, 0.15) is 18.9 Å². The van der Waals surface area contributed by atoms with Gasteiger partial charge in [-0.25, -0.2) is 4.90 Å². The summed E-state index contributed by atoms with van der Waals surface area (Å²) in [6.07, 6.45) is 1.56. The molecule has 0 saturated carbocycles. The van der Waals surface area contributed by atoms with Gasteiger partial charge in [-0.3, -0.25) is 14.4 Å². The van der Waals surface area contributed by atoms with Crippen LogP contribution in [0, 0.1) is 6.92 Å². The SMILES string of the molecule is C=CCN(C(C)=O)C1CC(=O)N(c2ccc(C)cc2)C1=O. The minimum absolute atomic E-state index is 0.0140. The zero-order valence-corrected chi connectivity index (χ0v) is 12.2. The van der Waals surface area contributed by atoms with Crippen LogP contribution in [0.5, 0.6) is 0 Å². The van der Waals surface area contributed by atoms with Gasteiger partial charge in [0, 0.05) is 13.5 Å². The van der Waals surface area contributed by atoms with Crippen LogP contribution in [0.15, 0.2) is 36.9 Å². The van der Waals surface area contributed by atoms with Crippen molar-refractivity contribution in [3.05, 3.63) is 42.5 Å². The van der Waals surface area contributed by atoms with Crippen molar-refractivity contribution >= 4 is 23.4 Å². The number of hydrogen-bond acceptors (Lipinski definition) is 3. The van der Waals surface area contributed by atoms with Gasteiger partial charge in [-0.05, 0) is 19.1 Å². The predicted molar refractivity (Wildman–Crippen MR) is 79.7 cm³/mol. The van der Waals surface area contributed by atoms with E-state index in [4.69, 9.17) is 0 Å². The molecule has 1 aliphatic rings. The van der Waals surface area contributed by atoms with E-state index in [2.05, 4.69) is 6.58 Å². The van der Waals surface area contributed by atoms with Crippen LogP contribution < -0.4 is 4.90 Å². The van der Waals surface area contributed by atoms with Gasteiger partial charge in [0.25, 0.3) is 5.91 Å². The molecular formula is C16H18N2O3. The van der Waals surface area contributed by atoms with Gasteiger partial charge in [0.1, 0.15) is 6.04 Å². The van der Waals surface area contributed by atoms with E-state index in [9.17, 15) is 14.4 Å². The summed E-state index contributed by atoms with van der Waals surface area (Å²) in [7, 11) is 0. The Morgan fingerprint density at radius 2 is 2.00 bits per heavy atom. The van der Waals surface area contributed by atoms with Gasteiger partial charge in [-0.2, -0.15) is 0 Å². The number of rotatable bonds is 4. The lowest BCUT2D eigenvalue weighted by Crippen LogP contribution is -2.44. The summed E-state index contributed by atoms with van der Waals surface area (Å²) in [6, 6.07) is 6.42. The molecule has 2 rings (SSSR count). The molecule has 1 aliphatic heterocycles. The zero-order valence-electron chi connectivity index (χ0n) is 12.2. The summed E-state index contributed by atoms with van der Waals surface area (Å²) in [6.45, 7) is 7.15. The van der Waals surface area contributed by atoms with Crippen molar-refractivity contribution in [1.82, 2.24) is 4.90 Å². The molecule has 3 amide bonds. The highest BCUT2D eigenvalue weighted by Crippen LogP contribution is 2.26. The van der Waals surface area contributed by atoms with Crippen LogP contribution >= 0.6 is 0 Å². The summed E-state index contributed by atoms with van der Waals surface area (Å²) in [5.74, 6) is -0.892. The third-order valence-electron chi connectivity index (χ3n) is 3.52. The first-order valence-corrected chi connectivity index (χ1v) is 6.77. The highest BCUT2D eigenvalue weighted by atomic mass is 16.2. The first kappa shape index (κ1) is 15.0. The number of nitrogens with zero attached hydrogens (tertiary/aromatic N) is 2. The van der Waals surface area contributed by atoms with Crippen molar-refractivity contribution in [2.45, 2.75) is 26.3 Å². The normalized spacial score (nSPS) is 18.0. The first-order chi connectivity index (χ1) is 9.95. The standard InChI is InChI=1S/C16H18N2O3/c1-4-9-17(12(3)19)14-10-15(20)18(16(14)21)13-7-5-11(2)6-8-13/h4-8,14H,1,9-10H2,2-3H3. The third kappa shape index (κ3) is 2.86. The molecule has 1 fully saturated rings. The molecule has 0 aliphatic carbocycles. The molecule has 5 heteroatoms. The lowest BCUT2D eigenvalue weighted by Gasteiger charge is -2.25. The Kier molecular flexibility index (Phi) is 4.21. The van der Waals surface area contributed by atoms with Crippen LogP contribution in [0.25, 0.3) is 0 Å². The maximum atomic E-state index is 12.5. The van der Waals surface area contributed by atoms with Crippen LogP contribution in [-0.2, 0) is 14.4 Å². The number of benzene rings is 1. The predicted octanol–water partition coefficient (Wildman–Crippen LogP) is 1.66. The lowest BCUT2D eigenvalue weighted by molar-refractivity contribution is -0.135. The van der Waals surface area contributed by atoms with Gasteiger partial charge in [-0.1, -0.05) is 23.8 Å². The van der Waals surface area contributed by atoms with Crippen molar-refractivity contribution in [3.63, 3.8) is 0 Å². The molecule has 1 heterocycles. The molecule has 0 N–H and O–H groups in total. The summed E-state index contributed by atoms with van der Waals surface area (Å²) in [5.41, 5.74) is 1.59. The molecule has 5 nitrogen and oxygen atoms in total. The zero-order chi connectivity index (χ0) is 15.6. The second-order valence-electron chi connectivity index (χ2n) is 5.08. The summed E-state index contributed by atoms with van der Waals surface area (Å²) >= 11 is 0. The molecule has 110 valence electrons. The van der Waals surface area contributed by atoms with Crippen LogP contribution in [0.4, 0.5) is 5.69 Å². The van der Waals surface area contributed by atoms with Gasteiger partial charge in [0.2, 0.25) is 11.8 Å². The quantitative estimate of drug-likeness (QED) is 0.625. The largest absolute Gasteiger partial charge is 0.327 e. The van der Waals surface area contributed by atoms with Crippen molar-refractivity contribution in [2.24, 2.45) is 0 Å². The molecule has 1 aromatic rings. The Hall–Kier alpha value is -2.43. The molecule has 1 atom stereocenters. The fourth-order valence-electron chi connectivity index (χ4n) is 2.44. The van der Waals surface area contributed by atoms with Gasteiger partial charge in [-0.15, -0.1) is 6.58 Å². The topological polar surface area (TPSA) is 57.7 Å². The third-order valence-corrected chi connectivity index (χ3v) is 3.52. The van der Waals surface area contributed by atoms with E-state index in [1.165, 1.54) is 11.8 Å². The highest BCUT2D eigenvalue weighted by molar-refractivity contribution is 6.22. The van der Waals surface area contributed by atoms with E-state index in [1.807, 2.05) is 19.1 Å². The first-order valence-electron chi connectivity index (χ1n) is 6.77. The molecule has 21 heavy (non-hydrogen) atoms. The number of aryl methyl sites for hydroxylation is 1. The molecule has 1 unspecified atom stereocenters. The van der Waals surface area contributed by atoms with E-state index in [-0.39, 0.29) is 30.7 Å². The summed E-state index contributed by atoms with van der Waals surface area (Å²) in [5, 5.41) is 0. The Bertz CT molecular complexity index is 592. The number of anilines is 1. The van der Waals surface area contributed by atoms with E-state index in [0.717, 1.165) is 10.5 Å². The fourth-order valence-corrected chi connectivity index (χ4v) is 2.44. The second-order valence-corrected chi connectivity index (χ2v) is 5.08. The van der Waals surface area contributed by atoms with E-state index < -0.39 is 6.04 Å². The average molecular weight is 286 g/mol. The van der Waals surface area contributed by atoms with Crippen molar-refractivity contribution in [2.75, 3.05) is 11.4 Å².